The van der Waals surface area contributed by atoms with Crippen LogP contribution in [0.2, 0.25) is 0 Å². The lowest BCUT2D eigenvalue weighted by Crippen LogP contribution is -2.38. The van der Waals surface area contributed by atoms with Crippen LogP contribution in [0.15, 0.2) is 48.5 Å². The van der Waals surface area contributed by atoms with Crippen LogP contribution in [0.1, 0.15) is 18.4 Å². The molecule has 0 atom stereocenters. The molecule has 6 nitrogen and oxygen atoms in total. The summed E-state index contributed by atoms with van der Waals surface area (Å²) < 4.78 is 5.70. The highest BCUT2D eigenvalue weighted by Crippen LogP contribution is 2.31. The lowest BCUT2D eigenvalue weighted by molar-refractivity contribution is -0.120. The molecule has 2 aromatic rings. The third kappa shape index (κ3) is 5.03. The number of amides is 2. The fourth-order valence-electron chi connectivity index (χ4n) is 3.26. The van der Waals surface area contributed by atoms with Gasteiger partial charge in [-0.3, -0.25) is 9.59 Å². The van der Waals surface area contributed by atoms with Gasteiger partial charge in [-0.05, 0) is 43.2 Å². The third-order valence-electron chi connectivity index (χ3n) is 4.79. The number of fused-ring (bicyclic) bond motifs is 1. The molecule has 2 aromatic carbocycles. The quantitative estimate of drug-likeness (QED) is 0.749. The molecule has 0 aliphatic carbocycles. The highest BCUT2D eigenvalue weighted by Gasteiger charge is 2.24. The lowest BCUT2D eigenvalue weighted by Gasteiger charge is -2.24. The first-order chi connectivity index (χ1) is 13.5. The first kappa shape index (κ1) is 19.7. The summed E-state index contributed by atoms with van der Waals surface area (Å²) in [5, 5.41) is 2.94. The molecule has 1 aliphatic heterocycles. The number of para-hydroxylation sites is 2. The van der Waals surface area contributed by atoms with Gasteiger partial charge in [0, 0.05) is 26.6 Å². The SMILES string of the molecule is Cc1cccc(OCCCNC(=O)CN2CCC(=O)N(C)c3ccccc32)c1. The van der Waals surface area contributed by atoms with Crippen LogP contribution in [0.25, 0.3) is 0 Å². The number of rotatable bonds is 7. The highest BCUT2D eigenvalue weighted by atomic mass is 16.5. The molecule has 1 heterocycles. The maximum absolute atomic E-state index is 12.4. The van der Waals surface area contributed by atoms with Crippen LogP contribution < -0.4 is 19.9 Å². The van der Waals surface area contributed by atoms with E-state index in [1.54, 1.807) is 11.9 Å². The Bertz CT molecular complexity index is 837. The maximum atomic E-state index is 12.4. The van der Waals surface area contributed by atoms with Crippen molar-refractivity contribution >= 4 is 23.2 Å². The summed E-state index contributed by atoms with van der Waals surface area (Å²) in [7, 11) is 1.78. The molecular formula is C22H27N3O3. The monoisotopic (exact) mass is 381 g/mol. The summed E-state index contributed by atoms with van der Waals surface area (Å²) >= 11 is 0. The van der Waals surface area contributed by atoms with Crippen molar-refractivity contribution in [3.63, 3.8) is 0 Å². The molecule has 0 radical (unpaired) electrons. The van der Waals surface area contributed by atoms with Gasteiger partial charge in [-0.2, -0.15) is 0 Å². The Morgan fingerprint density at radius 3 is 2.71 bits per heavy atom. The van der Waals surface area contributed by atoms with Crippen LogP contribution in [-0.2, 0) is 9.59 Å². The standard InChI is InChI=1S/C22H27N3O3/c1-17-7-5-8-18(15-17)28-14-6-12-23-21(26)16-25-13-11-22(27)24(2)19-9-3-4-10-20(19)25/h3-5,7-10,15H,6,11-14,16H2,1-2H3,(H,23,26). The van der Waals surface area contributed by atoms with Gasteiger partial charge in [0.1, 0.15) is 5.75 Å². The fourth-order valence-corrected chi connectivity index (χ4v) is 3.26. The zero-order valence-electron chi connectivity index (χ0n) is 16.5. The Kier molecular flexibility index (Phi) is 6.53. The van der Waals surface area contributed by atoms with Gasteiger partial charge in [-0.1, -0.05) is 24.3 Å². The molecule has 0 saturated carbocycles. The molecule has 0 unspecified atom stereocenters. The number of aryl methyl sites for hydroxylation is 1. The minimum Gasteiger partial charge on any atom is -0.494 e. The number of hydrogen-bond donors (Lipinski definition) is 1. The van der Waals surface area contributed by atoms with Crippen LogP contribution in [0.3, 0.4) is 0 Å². The van der Waals surface area contributed by atoms with Crippen LogP contribution in [-0.4, -0.2) is 45.1 Å². The topological polar surface area (TPSA) is 61.9 Å². The van der Waals surface area contributed by atoms with E-state index in [9.17, 15) is 9.59 Å². The van der Waals surface area contributed by atoms with E-state index in [1.165, 1.54) is 0 Å². The molecule has 0 spiro atoms. The Morgan fingerprint density at radius 1 is 1.14 bits per heavy atom. The molecule has 0 saturated heterocycles. The van der Waals surface area contributed by atoms with Gasteiger partial charge in [0.15, 0.2) is 0 Å². The Morgan fingerprint density at radius 2 is 1.93 bits per heavy atom. The van der Waals surface area contributed by atoms with E-state index in [2.05, 4.69) is 5.32 Å². The smallest absolute Gasteiger partial charge is 0.239 e. The van der Waals surface area contributed by atoms with Gasteiger partial charge in [-0.15, -0.1) is 0 Å². The molecule has 3 rings (SSSR count). The minimum absolute atomic E-state index is 0.0534. The largest absolute Gasteiger partial charge is 0.494 e. The molecule has 0 bridgehead atoms. The van der Waals surface area contributed by atoms with E-state index >= 15 is 0 Å². The minimum atomic E-state index is -0.0534. The van der Waals surface area contributed by atoms with Crippen molar-refractivity contribution in [2.24, 2.45) is 0 Å². The number of ether oxygens (including phenoxy) is 1. The summed E-state index contributed by atoms with van der Waals surface area (Å²) in [4.78, 5) is 28.2. The van der Waals surface area contributed by atoms with Crippen molar-refractivity contribution in [2.45, 2.75) is 19.8 Å². The van der Waals surface area contributed by atoms with Crippen molar-refractivity contribution in [2.75, 3.05) is 43.1 Å². The third-order valence-corrected chi connectivity index (χ3v) is 4.79. The van der Waals surface area contributed by atoms with Crippen molar-refractivity contribution in [1.82, 2.24) is 5.32 Å². The number of anilines is 2. The average molecular weight is 381 g/mol. The molecule has 2 amide bonds. The van der Waals surface area contributed by atoms with Gasteiger partial charge in [0.05, 0.1) is 24.5 Å². The number of benzene rings is 2. The zero-order chi connectivity index (χ0) is 19.9. The van der Waals surface area contributed by atoms with E-state index in [4.69, 9.17) is 4.74 Å². The second-order valence-corrected chi connectivity index (χ2v) is 6.98. The summed E-state index contributed by atoms with van der Waals surface area (Å²) in [5.41, 5.74) is 2.91. The van der Waals surface area contributed by atoms with Gasteiger partial charge in [-0.25, -0.2) is 0 Å². The van der Waals surface area contributed by atoms with E-state index in [0.29, 0.717) is 26.1 Å². The predicted molar refractivity (Wildman–Crippen MR) is 111 cm³/mol. The number of carbonyl (C=O) groups is 2. The van der Waals surface area contributed by atoms with Crippen molar-refractivity contribution in [3.05, 3.63) is 54.1 Å². The van der Waals surface area contributed by atoms with E-state index in [0.717, 1.165) is 29.1 Å². The first-order valence-electron chi connectivity index (χ1n) is 9.61. The van der Waals surface area contributed by atoms with E-state index in [-0.39, 0.29) is 18.4 Å². The van der Waals surface area contributed by atoms with Crippen LogP contribution in [0, 0.1) is 6.92 Å². The molecule has 0 fully saturated rings. The van der Waals surface area contributed by atoms with Crippen molar-refractivity contribution in [1.29, 1.82) is 0 Å². The average Bonchev–Trinajstić information content (AvgIpc) is 2.80. The summed E-state index contributed by atoms with van der Waals surface area (Å²) in [6.45, 7) is 3.90. The second-order valence-electron chi connectivity index (χ2n) is 6.98. The van der Waals surface area contributed by atoms with Crippen LogP contribution in [0.5, 0.6) is 5.75 Å². The number of nitrogens with zero attached hydrogens (tertiary/aromatic N) is 2. The molecule has 148 valence electrons. The van der Waals surface area contributed by atoms with Gasteiger partial charge >= 0.3 is 0 Å². The molecule has 1 aliphatic rings. The van der Waals surface area contributed by atoms with Crippen LogP contribution >= 0.6 is 0 Å². The Balaban J connectivity index is 1.47. The highest BCUT2D eigenvalue weighted by molar-refractivity contribution is 5.98. The van der Waals surface area contributed by atoms with Crippen molar-refractivity contribution in [3.8, 4) is 5.75 Å². The lowest BCUT2D eigenvalue weighted by atomic mass is 10.2. The summed E-state index contributed by atoms with van der Waals surface area (Å²) in [6, 6.07) is 15.6. The molecular weight excluding hydrogens is 354 g/mol. The summed E-state index contributed by atoms with van der Waals surface area (Å²) in [6.07, 6.45) is 1.13. The molecule has 28 heavy (non-hydrogen) atoms. The normalized spacial score (nSPS) is 13.7. The van der Waals surface area contributed by atoms with E-state index < -0.39 is 0 Å². The van der Waals surface area contributed by atoms with Crippen LogP contribution in [0.4, 0.5) is 11.4 Å². The predicted octanol–water partition coefficient (Wildman–Crippen LogP) is 2.75. The zero-order valence-corrected chi connectivity index (χ0v) is 16.5. The molecule has 0 aromatic heterocycles. The Hall–Kier alpha value is -3.02. The van der Waals surface area contributed by atoms with Crippen molar-refractivity contribution < 1.29 is 14.3 Å². The van der Waals surface area contributed by atoms with E-state index in [1.807, 2.05) is 60.4 Å². The summed E-state index contributed by atoms with van der Waals surface area (Å²) in [5.74, 6) is 0.854. The second kappa shape index (κ2) is 9.26. The maximum Gasteiger partial charge on any atom is 0.239 e. The van der Waals surface area contributed by atoms with Gasteiger partial charge in [0.25, 0.3) is 0 Å². The molecule has 6 heteroatoms. The Labute approximate surface area is 166 Å². The number of carbonyl (C=O) groups excluding carboxylic acids is 2. The van der Waals surface area contributed by atoms with Gasteiger partial charge < -0.3 is 19.9 Å². The first-order valence-corrected chi connectivity index (χ1v) is 9.61. The molecule has 1 N–H and O–H groups in total. The van der Waals surface area contributed by atoms with Gasteiger partial charge in [0.2, 0.25) is 11.8 Å². The fraction of sp³-hybridized carbons (Fsp3) is 0.364. The number of nitrogens with one attached hydrogen (secondary N) is 1. The number of hydrogen-bond acceptors (Lipinski definition) is 4.